The largest absolute Gasteiger partial charge is 0.388 e. The summed E-state index contributed by atoms with van der Waals surface area (Å²) < 4.78 is 14.1. The van der Waals surface area contributed by atoms with Gasteiger partial charge in [-0.3, -0.25) is 0 Å². The van der Waals surface area contributed by atoms with Crippen molar-refractivity contribution in [3.63, 3.8) is 0 Å². The van der Waals surface area contributed by atoms with Crippen molar-refractivity contribution >= 4 is 11.6 Å². The molecule has 1 saturated carbocycles. The Kier molecular flexibility index (Phi) is 5.05. The molecule has 4 heteroatoms. The summed E-state index contributed by atoms with van der Waals surface area (Å²) in [6.07, 6.45) is 3.99. The van der Waals surface area contributed by atoms with Crippen molar-refractivity contribution in [1.82, 2.24) is 0 Å². The predicted octanol–water partition coefficient (Wildman–Crippen LogP) is 4.06. The molecule has 3 N–H and O–H groups in total. The Morgan fingerprint density at radius 2 is 2.30 bits per heavy atom. The summed E-state index contributed by atoms with van der Waals surface area (Å²) in [6.45, 7) is 2.51. The van der Waals surface area contributed by atoms with Crippen LogP contribution in [0, 0.1) is 17.2 Å². The topological polar surface area (TPSA) is 46.2 Å². The molecular formula is C16H23ClFNO. The quantitative estimate of drug-likeness (QED) is 0.881. The fourth-order valence-corrected chi connectivity index (χ4v) is 3.76. The number of aliphatic hydroxyl groups is 1. The van der Waals surface area contributed by atoms with E-state index in [1.807, 2.05) is 0 Å². The molecule has 1 aromatic rings. The van der Waals surface area contributed by atoms with E-state index in [4.69, 9.17) is 17.3 Å². The minimum absolute atomic E-state index is 0.205. The maximum Gasteiger partial charge on any atom is 0.130 e. The van der Waals surface area contributed by atoms with Gasteiger partial charge in [-0.1, -0.05) is 43.9 Å². The van der Waals surface area contributed by atoms with Gasteiger partial charge in [-0.2, -0.15) is 0 Å². The molecule has 1 aliphatic rings. The molecule has 0 aromatic heterocycles. The molecule has 0 bridgehead atoms. The van der Waals surface area contributed by atoms with Crippen LogP contribution in [0.2, 0.25) is 5.02 Å². The van der Waals surface area contributed by atoms with Crippen LogP contribution in [0.3, 0.4) is 0 Å². The molecule has 1 aliphatic carbocycles. The van der Waals surface area contributed by atoms with E-state index in [9.17, 15) is 9.50 Å². The Hall–Kier alpha value is -0.640. The first kappa shape index (κ1) is 15.7. The number of nitrogens with two attached hydrogens (primary N) is 1. The van der Waals surface area contributed by atoms with Crippen molar-refractivity contribution in [3.8, 4) is 0 Å². The summed E-state index contributed by atoms with van der Waals surface area (Å²) in [5.41, 5.74) is 5.72. The summed E-state index contributed by atoms with van der Waals surface area (Å²) in [4.78, 5) is 0. The molecule has 20 heavy (non-hydrogen) atoms. The fourth-order valence-electron chi connectivity index (χ4n) is 3.49. The van der Waals surface area contributed by atoms with Gasteiger partial charge in [0.15, 0.2) is 0 Å². The number of rotatable bonds is 4. The summed E-state index contributed by atoms with van der Waals surface area (Å²) in [5, 5.41) is 11.0. The lowest BCUT2D eigenvalue weighted by atomic mass is 9.64. The van der Waals surface area contributed by atoms with Gasteiger partial charge in [0.25, 0.3) is 0 Å². The number of benzene rings is 1. The van der Waals surface area contributed by atoms with Crippen LogP contribution >= 0.6 is 11.6 Å². The molecule has 0 aliphatic heterocycles. The maximum atomic E-state index is 14.1. The smallest absolute Gasteiger partial charge is 0.130 e. The van der Waals surface area contributed by atoms with E-state index in [0.29, 0.717) is 12.5 Å². The Bertz CT molecular complexity index is 448. The first-order valence-electron chi connectivity index (χ1n) is 7.36. The van der Waals surface area contributed by atoms with Gasteiger partial charge in [0.1, 0.15) is 5.82 Å². The van der Waals surface area contributed by atoms with Gasteiger partial charge in [-0.15, -0.1) is 0 Å². The third-order valence-electron chi connectivity index (χ3n) is 4.82. The van der Waals surface area contributed by atoms with Crippen LogP contribution < -0.4 is 5.73 Å². The zero-order valence-corrected chi connectivity index (χ0v) is 12.7. The third-order valence-corrected chi connectivity index (χ3v) is 5.15. The summed E-state index contributed by atoms with van der Waals surface area (Å²) >= 11 is 6.09. The third kappa shape index (κ3) is 2.85. The standard InChI is InChI=1S/C16H23ClFNO/c1-2-11-5-4-8-16(9-11,10-19)15(20)14-12(17)6-3-7-13(14)18/h3,6-7,11,15,20H,2,4-5,8-10,19H2,1H3. The lowest BCUT2D eigenvalue weighted by Crippen LogP contribution is -2.41. The molecule has 0 amide bonds. The highest BCUT2D eigenvalue weighted by atomic mass is 35.5. The number of aliphatic hydroxyl groups excluding tert-OH is 1. The van der Waals surface area contributed by atoms with Gasteiger partial charge in [0, 0.05) is 22.5 Å². The van der Waals surface area contributed by atoms with Gasteiger partial charge in [-0.25, -0.2) is 4.39 Å². The second kappa shape index (κ2) is 6.42. The molecular weight excluding hydrogens is 277 g/mol. The van der Waals surface area contributed by atoms with Crippen LogP contribution in [-0.4, -0.2) is 11.7 Å². The molecule has 3 unspecified atom stereocenters. The van der Waals surface area contributed by atoms with Gasteiger partial charge in [0.2, 0.25) is 0 Å². The lowest BCUT2D eigenvalue weighted by Gasteiger charge is -2.43. The molecule has 0 heterocycles. The highest BCUT2D eigenvalue weighted by Crippen LogP contribution is 2.49. The highest BCUT2D eigenvalue weighted by molar-refractivity contribution is 6.31. The Morgan fingerprint density at radius 3 is 2.90 bits per heavy atom. The van der Waals surface area contributed by atoms with Gasteiger partial charge in [-0.05, 0) is 30.9 Å². The predicted molar refractivity (Wildman–Crippen MR) is 80.1 cm³/mol. The van der Waals surface area contributed by atoms with Crippen LogP contribution in [0.25, 0.3) is 0 Å². The first-order valence-corrected chi connectivity index (χ1v) is 7.74. The van der Waals surface area contributed by atoms with Crippen LogP contribution in [0.15, 0.2) is 18.2 Å². The molecule has 3 atom stereocenters. The van der Waals surface area contributed by atoms with Crippen molar-refractivity contribution in [1.29, 1.82) is 0 Å². The van der Waals surface area contributed by atoms with Crippen LogP contribution in [0.1, 0.15) is 50.7 Å². The van der Waals surface area contributed by atoms with Crippen LogP contribution in [0.5, 0.6) is 0 Å². The molecule has 0 saturated heterocycles. The molecule has 2 rings (SSSR count). The van der Waals surface area contributed by atoms with Crippen molar-refractivity contribution in [2.75, 3.05) is 6.54 Å². The fraction of sp³-hybridized carbons (Fsp3) is 0.625. The van der Waals surface area contributed by atoms with E-state index in [1.54, 1.807) is 12.1 Å². The van der Waals surface area contributed by atoms with Gasteiger partial charge in [0.05, 0.1) is 6.10 Å². The molecule has 1 fully saturated rings. The zero-order valence-electron chi connectivity index (χ0n) is 11.9. The van der Waals surface area contributed by atoms with E-state index >= 15 is 0 Å². The minimum atomic E-state index is -0.935. The molecule has 2 nitrogen and oxygen atoms in total. The average molecular weight is 300 g/mol. The number of hydrogen-bond donors (Lipinski definition) is 2. The summed E-state index contributed by atoms with van der Waals surface area (Å²) in [5.74, 6) is 0.101. The summed E-state index contributed by atoms with van der Waals surface area (Å²) in [7, 11) is 0. The first-order chi connectivity index (χ1) is 9.54. The van der Waals surface area contributed by atoms with Gasteiger partial charge >= 0.3 is 0 Å². The average Bonchev–Trinajstić information content (AvgIpc) is 2.46. The monoisotopic (exact) mass is 299 g/mol. The van der Waals surface area contributed by atoms with Crippen molar-refractivity contribution < 1.29 is 9.50 Å². The van der Waals surface area contributed by atoms with Crippen LogP contribution in [0.4, 0.5) is 4.39 Å². The van der Waals surface area contributed by atoms with Crippen molar-refractivity contribution in [2.45, 2.75) is 45.1 Å². The van der Waals surface area contributed by atoms with E-state index < -0.39 is 17.3 Å². The second-order valence-corrected chi connectivity index (χ2v) is 6.38. The van der Waals surface area contributed by atoms with Crippen LogP contribution in [-0.2, 0) is 0 Å². The molecule has 112 valence electrons. The Labute approximate surface area is 125 Å². The highest BCUT2D eigenvalue weighted by Gasteiger charge is 2.43. The van der Waals surface area contributed by atoms with E-state index in [1.165, 1.54) is 6.07 Å². The SMILES string of the molecule is CCC1CCCC(CN)(C(O)c2c(F)cccc2Cl)C1. The second-order valence-electron chi connectivity index (χ2n) is 5.97. The number of halogens is 2. The summed E-state index contributed by atoms with van der Waals surface area (Å²) in [6, 6.07) is 4.51. The minimum Gasteiger partial charge on any atom is -0.388 e. The molecule has 0 radical (unpaired) electrons. The Morgan fingerprint density at radius 1 is 1.55 bits per heavy atom. The van der Waals surface area contributed by atoms with E-state index in [0.717, 1.165) is 32.1 Å². The Balaban J connectivity index is 2.35. The molecule has 1 aromatic carbocycles. The normalized spacial score (nSPS) is 28.4. The number of hydrogen-bond acceptors (Lipinski definition) is 2. The zero-order chi connectivity index (χ0) is 14.8. The molecule has 0 spiro atoms. The van der Waals surface area contributed by atoms with Gasteiger partial charge < -0.3 is 10.8 Å². The maximum absolute atomic E-state index is 14.1. The van der Waals surface area contributed by atoms with E-state index in [2.05, 4.69) is 6.92 Å². The van der Waals surface area contributed by atoms with Crippen molar-refractivity contribution in [3.05, 3.63) is 34.6 Å². The van der Waals surface area contributed by atoms with Crippen molar-refractivity contribution in [2.24, 2.45) is 17.1 Å². The lowest BCUT2D eigenvalue weighted by molar-refractivity contribution is -0.0180. The van der Waals surface area contributed by atoms with E-state index in [-0.39, 0.29) is 10.6 Å².